The van der Waals surface area contributed by atoms with E-state index in [2.05, 4.69) is 5.09 Å². The van der Waals surface area contributed by atoms with Gasteiger partial charge in [-0.15, -0.1) is 0 Å². The van der Waals surface area contributed by atoms with Gasteiger partial charge in [-0.2, -0.15) is 13.2 Å². The number of halogens is 5. The second-order valence-corrected chi connectivity index (χ2v) is 9.56. The summed E-state index contributed by atoms with van der Waals surface area (Å²) in [5.41, 5.74) is 0.389. The summed E-state index contributed by atoms with van der Waals surface area (Å²) in [4.78, 5) is 0. The van der Waals surface area contributed by atoms with Gasteiger partial charge >= 0.3 is 6.18 Å². The summed E-state index contributed by atoms with van der Waals surface area (Å²) in [5.74, 6) is 2.57. The molecule has 160 valence electrons. The molecule has 0 unspecified atom stereocenters. The molecule has 31 heavy (non-hydrogen) atoms. The van der Waals surface area contributed by atoms with E-state index in [4.69, 9.17) is 23.2 Å². The Labute approximate surface area is 188 Å². The zero-order chi connectivity index (χ0) is 22.5. The van der Waals surface area contributed by atoms with E-state index in [9.17, 15) is 17.7 Å². The summed E-state index contributed by atoms with van der Waals surface area (Å²) in [6, 6.07) is 22.1. The van der Waals surface area contributed by atoms with Crippen molar-refractivity contribution in [1.82, 2.24) is 0 Å². The van der Waals surface area contributed by atoms with Gasteiger partial charge in [-0.1, -0.05) is 89.9 Å². The van der Waals surface area contributed by atoms with Crippen LogP contribution in [0.3, 0.4) is 0 Å². The van der Waals surface area contributed by atoms with Gasteiger partial charge in [-0.05, 0) is 29.3 Å². The van der Waals surface area contributed by atoms with Crippen molar-refractivity contribution < 1.29 is 17.7 Å². The molecule has 0 heterocycles. The maximum absolute atomic E-state index is 13.8. The van der Waals surface area contributed by atoms with Crippen LogP contribution in [0.25, 0.3) is 10.1 Å². The minimum atomic E-state index is -4.53. The number of nitrogens with one attached hydrogen (secondary N) is 1. The summed E-state index contributed by atoms with van der Waals surface area (Å²) in [6.07, 6.45) is -4.53. The van der Waals surface area contributed by atoms with E-state index in [1.807, 2.05) is 0 Å². The molecule has 0 aliphatic heterocycles. The van der Waals surface area contributed by atoms with Crippen LogP contribution in [0.5, 0.6) is 0 Å². The molecule has 3 aromatic carbocycles. The molecule has 0 fully saturated rings. The third-order valence-electron chi connectivity index (χ3n) is 4.20. The molecule has 0 aromatic heterocycles. The lowest BCUT2D eigenvalue weighted by atomic mass is 10.2. The molecule has 0 bridgehead atoms. The van der Waals surface area contributed by atoms with E-state index in [1.165, 1.54) is 23.8 Å². The van der Waals surface area contributed by atoms with Gasteiger partial charge in [-0.25, -0.2) is 0 Å². The van der Waals surface area contributed by atoms with Crippen LogP contribution in [0.4, 0.5) is 18.9 Å². The Morgan fingerprint density at radius 3 is 1.71 bits per heavy atom. The van der Waals surface area contributed by atoms with Crippen molar-refractivity contribution in [2.45, 2.75) is 6.18 Å². The quantitative estimate of drug-likeness (QED) is 0.356. The molecule has 0 saturated heterocycles. The van der Waals surface area contributed by atoms with Crippen molar-refractivity contribution in [3.05, 3.63) is 113 Å². The minimum Gasteiger partial charge on any atom is -0.330 e. The van der Waals surface area contributed by atoms with E-state index in [0.29, 0.717) is 11.1 Å². The molecule has 0 spiro atoms. The van der Waals surface area contributed by atoms with E-state index in [-0.39, 0.29) is 15.8 Å². The molecule has 0 saturated carbocycles. The predicted octanol–water partition coefficient (Wildman–Crippen LogP) is 8.87. The number of alkyl halides is 3. The number of benzene rings is 3. The Hall–Kier alpha value is -2.46. The Morgan fingerprint density at radius 1 is 0.774 bits per heavy atom. The van der Waals surface area contributed by atoms with E-state index < -0.39 is 19.0 Å². The summed E-state index contributed by atoms with van der Waals surface area (Å²) in [6.45, 7) is 0. The van der Waals surface area contributed by atoms with Crippen molar-refractivity contribution in [2.24, 2.45) is 0 Å². The second kappa shape index (κ2) is 9.78. The first-order valence-corrected chi connectivity index (χ1v) is 11.7. The van der Waals surface area contributed by atoms with Crippen LogP contribution in [-0.4, -0.2) is 0 Å². The lowest BCUT2D eigenvalue weighted by Gasteiger charge is -2.17. The molecular weight excluding hydrogens is 465 g/mol. The van der Waals surface area contributed by atoms with Crippen LogP contribution >= 0.6 is 30.5 Å². The predicted molar refractivity (Wildman–Crippen MR) is 123 cm³/mol. The molecule has 0 amide bonds. The third-order valence-corrected chi connectivity index (χ3v) is 7.05. The van der Waals surface area contributed by atoms with Crippen molar-refractivity contribution in [1.29, 1.82) is 0 Å². The van der Waals surface area contributed by atoms with Crippen molar-refractivity contribution >= 4 is 46.2 Å². The minimum absolute atomic E-state index is 0.0284. The van der Waals surface area contributed by atoms with Crippen LogP contribution in [0.1, 0.15) is 16.7 Å². The Kier molecular flexibility index (Phi) is 7.32. The second-order valence-electron chi connectivity index (χ2n) is 6.59. The third kappa shape index (κ3) is 6.51. The van der Waals surface area contributed by atoms with Crippen LogP contribution < -0.4 is 5.09 Å². The molecule has 3 rings (SSSR count). The van der Waals surface area contributed by atoms with Gasteiger partial charge < -0.3 is 5.09 Å². The van der Waals surface area contributed by atoms with Gasteiger partial charge in [0.1, 0.15) is 0 Å². The zero-order valence-electron chi connectivity index (χ0n) is 16.0. The van der Waals surface area contributed by atoms with Crippen LogP contribution in [0.15, 0.2) is 96.6 Å². The van der Waals surface area contributed by atoms with E-state index >= 15 is 0 Å². The Balaban J connectivity index is 2.05. The average molecular weight is 482 g/mol. The summed E-state index contributed by atoms with van der Waals surface area (Å²) >= 11 is 12.8. The highest BCUT2D eigenvalue weighted by molar-refractivity contribution is 7.72. The first-order chi connectivity index (χ1) is 14.7. The molecule has 0 radical (unpaired) electrons. The highest BCUT2D eigenvalue weighted by atomic mass is 35.5. The van der Waals surface area contributed by atoms with Gasteiger partial charge in [0.25, 0.3) is 0 Å². The largest absolute Gasteiger partial charge is 0.416 e. The fourth-order valence-corrected chi connectivity index (χ4v) is 5.59. The molecular formula is C23H17Cl2F3NOP. The van der Waals surface area contributed by atoms with Crippen LogP contribution in [0, 0.1) is 0 Å². The van der Waals surface area contributed by atoms with Crippen molar-refractivity contribution in [3.63, 3.8) is 0 Å². The summed E-state index contributed by atoms with van der Waals surface area (Å²) in [5, 5.41) is 3.06. The lowest BCUT2D eigenvalue weighted by Crippen LogP contribution is -2.05. The van der Waals surface area contributed by atoms with Gasteiger partial charge in [0.15, 0.2) is 0 Å². The van der Waals surface area contributed by atoms with Gasteiger partial charge in [0.2, 0.25) is 7.29 Å². The molecule has 0 aliphatic rings. The lowest BCUT2D eigenvalue weighted by molar-refractivity contribution is -0.137. The Morgan fingerprint density at radius 2 is 1.26 bits per heavy atom. The number of anilines is 1. The SMILES string of the molecule is O=P(/C=C(\Cl)c1ccccc1)(/C=C(\Cl)c1ccccc1)Nc1cccc(C(F)(F)F)c1. The van der Waals surface area contributed by atoms with E-state index in [1.54, 1.807) is 60.7 Å². The normalized spacial score (nSPS) is 13.2. The van der Waals surface area contributed by atoms with Gasteiger partial charge in [0.05, 0.1) is 15.6 Å². The molecule has 2 nitrogen and oxygen atoms in total. The first kappa shape index (κ1) is 23.2. The highest BCUT2D eigenvalue weighted by Crippen LogP contribution is 2.53. The number of hydrogen-bond acceptors (Lipinski definition) is 1. The maximum Gasteiger partial charge on any atom is 0.416 e. The van der Waals surface area contributed by atoms with Crippen LogP contribution in [0.2, 0.25) is 0 Å². The van der Waals surface area contributed by atoms with Crippen molar-refractivity contribution in [2.75, 3.05) is 5.09 Å². The van der Waals surface area contributed by atoms with E-state index in [0.717, 1.165) is 12.1 Å². The molecule has 0 atom stereocenters. The number of hydrogen-bond donors (Lipinski definition) is 1. The fourth-order valence-electron chi connectivity index (χ4n) is 2.75. The molecule has 3 aromatic rings. The smallest absolute Gasteiger partial charge is 0.330 e. The molecule has 8 heteroatoms. The monoisotopic (exact) mass is 481 g/mol. The average Bonchev–Trinajstić information content (AvgIpc) is 2.74. The topological polar surface area (TPSA) is 29.1 Å². The summed E-state index contributed by atoms with van der Waals surface area (Å²) in [7, 11) is -3.66. The first-order valence-electron chi connectivity index (χ1n) is 9.09. The standard InChI is InChI=1S/C23H17Cl2F3NOP/c24-21(17-8-3-1-4-9-17)15-31(30,16-22(25)18-10-5-2-6-11-18)29-20-13-7-12-19(14-20)23(26,27)28/h1-16H,(H,29,30)/b21-15-,22-16-. The number of rotatable bonds is 6. The molecule has 0 aliphatic carbocycles. The molecule has 1 N–H and O–H groups in total. The van der Waals surface area contributed by atoms with Gasteiger partial charge in [-0.3, -0.25) is 4.57 Å². The zero-order valence-corrected chi connectivity index (χ0v) is 18.4. The van der Waals surface area contributed by atoms with Gasteiger partial charge in [0, 0.05) is 17.3 Å². The Bertz CT molecular complexity index is 1090. The van der Waals surface area contributed by atoms with Crippen LogP contribution in [-0.2, 0) is 10.7 Å². The fraction of sp³-hybridized carbons (Fsp3) is 0.0435. The summed E-state index contributed by atoms with van der Waals surface area (Å²) < 4.78 is 53.1. The van der Waals surface area contributed by atoms with Crippen molar-refractivity contribution in [3.8, 4) is 0 Å². The highest BCUT2D eigenvalue weighted by Gasteiger charge is 2.31. The maximum atomic E-state index is 13.8.